The van der Waals surface area contributed by atoms with Crippen LogP contribution in [0.5, 0.6) is 5.06 Å². The first-order valence-electron chi connectivity index (χ1n) is 5.91. The number of carbonyl (C=O) groups excluding carboxylic acids is 1. The van der Waals surface area contributed by atoms with Crippen LogP contribution in [0.25, 0.3) is 0 Å². The van der Waals surface area contributed by atoms with Gasteiger partial charge in [-0.15, -0.1) is 0 Å². The van der Waals surface area contributed by atoms with Gasteiger partial charge in [0.2, 0.25) is 0 Å². The molecule has 0 saturated carbocycles. The summed E-state index contributed by atoms with van der Waals surface area (Å²) in [5, 5.41) is 11.1. The second-order valence-corrected chi connectivity index (χ2v) is 5.10. The molecule has 0 fully saturated rings. The molecule has 1 rings (SSSR count). The number of ether oxygens (including phenoxy) is 1. The molecule has 6 heteroatoms. The van der Waals surface area contributed by atoms with Crippen molar-refractivity contribution in [1.82, 2.24) is 0 Å². The van der Waals surface area contributed by atoms with Gasteiger partial charge in [-0.1, -0.05) is 38.0 Å². The Balaban J connectivity index is 2.86. The fourth-order valence-electron chi connectivity index (χ4n) is 1.49. The molecule has 0 radical (unpaired) electrons. The summed E-state index contributed by atoms with van der Waals surface area (Å²) in [4.78, 5) is 21.9. The molecule has 0 aromatic carbocycles. The maximum atomic E-state index is 11.2. The van der Waals surface area contributed by atoms with Crippen LogP contribution >= 0.6 is 11.3 Å². The van der Waals surface area contributed by atoms with Gasteiger partial charge in [0.05, 0.1) is 16.4 Å². The average Bonchev–Trinajstić information content (AvgIpc) is 2.75. The van der Waals surface area contributed by atoms with Crippen LogP contribution in [-0.2, 0) is 0 Å². The number of thiophene rings is 1. The average molecular weight is 271 g/mol. The lowest BCUT2D eigenvalue weighted by atomic mass is 10.1. The third-order valence-corrected chi connectivity index (χ3v) is 3.97. The van der Waals surface area contributed by atoms with Gasteiger partial charge >= 0.3 is 5.69 Å². The van der Waals surface area contributed by atoms with Gasteiger partial charge in [0.25, 0.3) is 5.06 Å². The van der Waals surface area contributed by atoms with Crippen LogP contribution in [-0.4, -0.2) is 17.3 Å². The summed E-state index contributed by atoms with van der Waals surface area (Å²) in [6.07, 6.45) is 1.93. The zero-order valence-electron chi connectivity index (χ0n) is 10.8. The monoisotopic (exact) mass is 271 g/mol. The molecule has 0 N–H and O–H groups in total. The molecule has 1 heterocycles. The van der Waals surface area contributed by atoms with Crippen LogP contribution < -0.4 is 4.74 Å². The lowest BCUT2D eigenvalue weighted by Crippen LogP contribution is -2.10. The molecule has 0 atom stereocenters. The summed E-state index contributed by atoms with van der Waals surface area (Å²) in [6, 6.07) is 1.29. The summed E-state index contributed by atoms with van der Waals surface area (Å²) in [5.74, 6) is 0.202. The molecule has 1 aromatic rings. The molecule has 0 spiro atoms. The Kier molecular flexibility index (Phi) is 5.27. The first-order valence-corrected chi connectivity index (χ1v) is 6.73. The smallest absolute Gasteiger partial charge is 0.323 e. The van der Waals surface area contributed by atoms with Gasteiger partial charge in [0, 0.05) is 6.07 Å². The Bertz CT molecular complexity index is 437. The number of rotatable bonds is 7. The van der Waals surface area contributed by atoms with Crippen molar-refractivity contribution in [2.75, 3.05) is 6.61 Å². The fourth-order valence-corrected chi connectivity index (χ4v) is 2.37. The minimum absolute atomic E-state index is 0.115. The minimum atomic E-state index is -0.509. The molecule has 18 heavy (non-hydrogen) atoms. The first kappa shape index (κ1) is 14.6. The van der Waals surface area contributed by atoms with E-state index in [2.05, 4.69) is 13.8 Å². The molecular formula is C12H17NO4S. The maximum Gasteiger partial charge on any atom is 0.323 e. The molecule has 0 amide bonds. The van der Waals surface area contributed by atoms with E-state index in [9.17, 15) is 14.9 Å². The molecule has 0 aliphatic heterocycles. The van der Waals surface area contributed by atoms with Crippen molar-refractivity contribution in [3.63, 3.8) is 0 Å². The Morgan fingerprint density at radius 3 is 2.56 bits per heavy atom. The number of ketones is 1. The van der Waals surface area contributed by atoms with E-state index in [1.54, 1.807) is 0 Å². The van der Waals surface area contributed by atoms with Crippen molar-refractivity contribution in [2.45, 2.75) is 33.6 Å². The van der Waals surface area contributed by atoms with Crippen molar-refractivity contribution >= 4 is 22.8 Å². The lowest BCUT2D eigenvalue weighted by Gasteiger charge is -2.11. The highest BCUT2D eigenvalue weighted by Crippen LogP contribution is 2.37. The number of nitrogens with zero attached hydrogens (tertiary/aromatic N) is 1. The largest absolute Gasteiger partial charge is 0.479 e. The van der Waals surface area contributed by atoms with E-state index in [1.807, 2.05) is 0 Å². The Labute approximate surface area is 110 Å². The van der Waals surface area contributed by atoms with Crippen molar-refractivity contribution in [3.05, 3.63) is 21.1 Å². The van der Waals surface area contributed by atoms with Gasteiger partial charge in [0.15, 0.2) is 5.78 Å². The maximum absolute atomic E-state index is 11.2. The number of carbonyl (C=O) groups is 1. The van der Waals surface area contributed by atoms with Crippen LogP contribution in [0.3, 0.4) is 0 Å². The van der Waals surface area contributed by atoms with Crippen LogP contribution in [0, 0.1) is 16.0 Å². The van der Waals surface area contributed by atoms with Crippen molar-refractivity contribution in [1.29, 1.82) is 0 Å². The highest BCUT2D eigenvalue weighted by Gasteiger charge is 2.22. The van der Waals surface area contributed by atoms with Gasteiger partial charge < -0.3 is 4.74 Å². The van der Waals surface area contributed by atoms with E-state index in [0.717, 1.165) is 24.2 Å². The number of nitro groups is 1. The molecule has 1 aromatic heterocycles. The number of hydrogen-bond donors (Lipinski definition) is 0. The number of hydrogen-bond acceptors (Lipinski definition) is 5. The highest BCUT2D eigenvalue weighted by molar-refractivity contribution is 7.16. The molecule has 5 nitrogen and oxygen atoms in total. The van der Waals surface area contributed by atoms with E-state index in [0.29, 0.717) is 17.4 Å². The number of Topliss-reactive ketones (excluding diaryl/α,β-unsaturated/α-hetero) is 1. The fraction of sp³-hybridized carbons (Fsp3) is 0.583. The second-order valence-electron chi connectivity index (χ2n) is 4.09. The molecule has 0 bridgehead atoms. The van der Waals surface area contributed by atoms with Gasteiger partial charge in [-0.05, 0) is 12.8 Å². The van der Waals surface area contributed by atoms with Gasteiger partial charge in [-0.25, -0.2) is 0 Å². The van der Waals surface area contributed by atoms with E-state index in [1.165, 1.54) is 13.0 Å². The standard InChI is InChI=1S/C12H17NO4S/c1-4-9(5-2)7-17-12-10(13(15)16)6-11(18-12)8(3)14/h6,9H,4-5,7H2,1-3H3. The summed E-state index contributed by atoms with van der Waals surface area (Å²) < 4.78 is 5.50. The zero-order chi connectivity index (χ0) is 13.7. The van der Waals surface area contributed by atoms with E-state index >= 15 is 0 Å². The second kappa shape index (κ2) is 6.49. The van der Waals surface area contributed by atoms with Crippen LogP contribution in [0.15, 0.2) is 6.07 Å². The van der Waals surface area contributed by atoms with E-state index in [-0.39, 0.29) is 16.5 Å². The quantitative estimate of drug-likeness (QED) is 0.431. The van der Waals surface area contributed by atoms with Crippen LogP contribution in [0.4, 0.5) is 5.69 Å². The molecule has 100 valence electrons. The third kappa shape index (κ3) is 3.53. The minimum Gasteiger partial charge on any atom is -0.479 e. The van der Waals surface area contributed by atoms with Crippen molar-refractivity contribution < 1.29 is 14.5 Å². The van der Waals surface area contributed by atoms with E-state index < -0.39 is 4.92 Å². The lowest BCUT2D eigenvalue weighted by molar-refractivity contribution is -0.385. The Hall–Kier alpha value is -1.43. The van der Waals surface area contributed by atoms with Gasteiger partial charge in [-0.2, -0.15) is 0 Å². The Morgan fingerprint density at radius 1 is 1.50 bits per heavy atom. The summed E-state index contributed by atoms with van der Waals surface area (Å²) in [5.41, 5.74) is -0.115. The molecule has 0 aliphatic rings. The zero-order valence-corrected chi connectivity index (χ0v) is 11.6. The topological polar surface area (TPSA) is 69.4 Å². The SMILES string of the molecule is CCC(CC)COc1sc(C(C)=O)cc1[N+](=O)[O-]. The third-order valence-electron chi connectivity index (χ3n) is 2.83. The van der Waals surface area contributed by atoms with Crippen LogP contribution in [0.1, 0.15) is 43.3 Å². The van der Waals surface area contributed by atoms with Crippen LogP contribution in [0.2, 0.25) is 0 Å². The van der Waals surface area contributed by atoms with E-state index in [4.69, 9.17) is 4.74 Å². The van der Waals surface area contributed by atoms with Crippen molar-refractivity contribution in [2.24, 2.45) is 5.92 Å². The van der Waals surface area contributed by atoms with Gasteiger partial charge in [-0.3, -0.25) is 14.9 Å². The van der Waals surface area contributed by atoms with Crippen molar-refractivity contribution in [3.8, 4) is 5.06 Å². The molecular weight excluding hydrogens is 254 g/mol. The predicted octanol–water partition coefficient (Wildman–Crippen LogP) is 3.67. The van der Waals surface area contributed by atoms with Gasteiger partial charge in [0.1, 0.15) is 0 Å². The summed E-state index contributed by atoms with van der Waals surface area (Å²) >= 11 is 1.05. The summed E-state index contributed by atoms with van der Waals surface area (Å²) in [6.45, 7) is 5.95. The summed E-state index contributed by atoms with van der Waals surface area (Å²) in [7, 11) is 0. The molecule has 0 unspecified atom stereocenters. The normalized spacial score (nSPS) is 10.7. The Morgan fingerprint density at radius 2 is 2.11 bits per heavy atom. The first-order chi connectivity index (χ1) is 8.49. The molecule has 0 aliphatic carbocycles. The molecule has 0 saturated heterocycles. The predicted molar refractivity (Wildman–Crippen MR) is 70.5 cm³/mol. The highest BCUT2D eigenvalue weighted by atomic mass is 32.1.